The van der Waals surface area contributed by atoms with Gasteiger partial charge < -0.3 is 9.64 Å². The van der Waals surface area contributed by atoms with E-state index in [1.807, 2.05) is 0 Å². The van der Waals surface area contributed by atoms with Crippen molar-refractivity contribution in [3.63, 3.8) is 0 Å². The van der Waals surface area contributed by atoms with E-state index < -0.39 is 11.7 Å². The fourth-order valence-electron chi connectivity index (χ4n) is 2.50. The third kappa shape index (κ3) is 4.92. The van der Waals surface area contributed by atoms with Crippen LogP contribution >= 0.6 is 0 Å². The molecule has 0 unspecified atom stereocenters. The molecule has 1 fully saturated rings. The lowest BCUT2D eigenvalue weighted by Crippen LogP contribution is -2.38. The second-order valence-corrected chi connectivity index (χ2v) is 5.39. The second kappa shape index (κ2) is 7.16. The molecule has 1 aromatic carbocycles. The van der Waals surface area contributed by atoms with Crippen LogP contribution in [0.25, 0.3) is 0 Å². The van der Waals surface area contributed by atoms with Crippen molar-refractivity contribution in [1.82, 2.24) is 4.90 Å². The minimum Gasteiger partial charge on any atom is -0.490 e. The average molecular weight is 300 g/mol. The first-order chi connectivity index (χ1) is 9.99. The Balaban J connectivity index is 1.81. The molecule has 0 N–H and O–H groups in total. The highest BCUT2D eigenvalue weighted by molar-refractivity contribution is 5.29. The molecule has 0 amide bonds. The lowest BCUT2D eigenvalue weighted by atomic mass is 10.1. The maximum absolute atomic E-state index is 12.5. The van der Waals surface area contributed by atoms with Crippen molar-refractivity contribution >= 4 is 0 Å². The van der Waals surface area contributed by atoms with Gasteiger partial charge in [-0.05, 0) is 50.1 Å². The molecule has 21 heavy (non-hydrogen) atoms. The molecule has 1 radical (unpaired) electrons. The standard InChI is InChI=1S/C16H21F3NO/c1-2-3-10-20-11-8-15(9-12-20)21-14-6-4-13(5-7-14)16(17,18)19/h4-7,15H,1-3,8-12H2. The minimum atomic E-state index is -4.29. The van der Waals surface area contributed by atoms with Gasteiger partial charge in [0.05, 0.1) is 5.56 Å². The maximum atomic E-state index is 12.5. The van der Waals surface area contributed by atoms with Gasteiger partial charge in [0.25, 0.3) is 0 Å². The van der Waals surface area contributed by atoms with Gasteiger partial charge in [-0.25, -0.2) is 0 Å². The molecule has 1 aromatic rings. The van der Waals surface area contributed by atoms with Crippen LogP contribution in [0.15, 0.2) is 24.3 Å². The Morgan fingerprint density at radius 3 is 2.29 bits per heavy atom. The van der Waals surface area contributed by atoms with E-state index in [2.05, 4.69) is 11.8 Å². The number of likely N-dealkylation sites (tertiary alicyclic amines) is 1. The number of ether oxygens (including phenoxy) is 1. The van der Waals surface area contributed by atoms with Gasteiger partial charge in [-0.1, -0.05) is 13.3 Å². The number of hydrogen-bond donors (Lipinski definition) is 0. The van der Waals surface area contributed by atoms with Crippen molar-refractivity contribution in [3.8, 4) is 5.75 Å². The van der Waals surface area contributed by atoms with Gasteiger partial charge in [0.15, 0.2) is 0 Å². The smallest absolute Gasteiger partial charge is 0.416 e. The number of benzene rings is 1. The van der Waals surface area contributed by atoms with Gasteiger partial charge in [-0.3, -0.25) is 0 Å². The largest absolute Gasteiger partial charge is 0.490 e. The number of halogens is 3. The molecule has 2 nitrogen and oxygen atoms in total. The fourth-order valence-corrected chi connectivity index (χ4v) is 2.50. The van der Waals surface area contributed by atoms with Crippen molar-refractivity contribution in [2.45, 2.75) is 38.0 Å². The molecule has 1 saturated heterocycles. The third-order valence-corrected chi connectivity index (χ3v) is 3.74. The number of hydrogen-bond acceptors (Lipinski definition) is 2. The summed E-state index contributed by atoms with van der Waals surface area (Å²) in [6, 6.07) is 4.94. The van der Waals surface area contributed by atoms with Crippen LogP contribution in [-0.2, 0) is 6.18 Å². The van der Waals surface area contributed by atoms with Crippen LogP contribution in [0, 0.1) is 6.92 Å². The minimum absolute atomic E-state index is 0.0951. The highest BCUT2D eigenvalue weighted by Gasteiger charge is 2.30. The summed E-state index contributed by atoms with van der Waals surface area (Å²) in [5.41, 5.74) is -0.641. The Labute approximate surface area is 123 Å². The topological polar surface area (TPSA) is 12.5 Å². The Morgan fingerprint density at radius 1 is 1.14 bits per heavy atom. The first kappa shape index (κ1) is 16.1. The summed E-state index contributed by atoms with van der Waals surface area (Å²) in [6.45, 7) is 6.85. The van der Waals surface area contributed by atoms with Crippen molar-refractivity contribution in [2.24, 2.45) is 0 Å². The quantitative estimate of drug-likeness (QED) is 0.809. The molecular formula is C16H21F3NO. The predicted octanol–water partition coefficient (Wildman–Crippen LogP) is 4.16. The molecule has 1 aliphatic rings. The van der Waals surface area contributed by atoms with Crippen molar-refractivity contribution < 1.29 is 17.9 Å². The summed E-state index contributed by atoms with van der Waals surface area (Å²) < 4.78 is 43.2. The van der Waals surface area contributed by atoms with Gasteiger partial charge in [0.1, 0.15) is 11.9 Å². The number of piperidine rings is 1. The van der Waals surface area contributed by atoms with Crippen LogP contribution in [0.3, 0.4) is 0 Å². The highest BCUT2D eigenvalue weighted by atomic mass is 19.4. The second-order valence-electron chi connectivity index (χ2n) is 5.39. The van der Waals surface area contributed by atoms with Crippen LogP contribution in [0.5, 0.6) is 5.75 Å². The number of unbranched alkanes of at least 4 members (excludes halogenated alkanes) is 1. The van der Waals surface area contributed by atoms with Crippen molar-refractivity contribution in [2.75, 3.05) is 19.6 Å². The van der Waals surface area contributed by atoms with E-state index in [1.165, 1.54) is 12.1 Å². The molecule has 1 heterocycles. The van der Waals surface area contributed by atoms with Crippen LogP contribution in [0.1, 0.15) is 31.2 Å². The molecule has 2 rings (SSSR count). The van der Waals surface area contributed by atoms with Crippen molar-refractivity contribution in [1.29, 1.82) is 0 Å². The zero-order valence-corrected chi connectivity index (χ0v) is 12.0. The Bertz CT molecular complexity index is 422. The lowest BCUT2D eigenvalue weighted by Gasteiger charge is -2.32. The van der Waals surface area contributed by atoms with Crippen LogP contribution in [0.4, 0.5) is 13.2 Å². The highest BCUT2D eigenvalue weighted by Crippen LogP contribution is 2.30. The van der Waals surface area contributed by atoms with Gasteiger partial charge in [0, 0.05) is 13.1 Å². The van der Waals surface area contributed by atoms with Gasteiger partial charge in [-0.15, -0.1) is 0 Å². The monoisotopic (exact) mass is 300 g/mol. The Morgan fingerprint density at radius 2 is 1.76 bits per heavy atom. The molecular weight excluding hydrogens is 279 g/mol. The van der Waals surface area contributed by atoms with Crippen LogP contribution in [-0.4, -0.2) is 30.6 Å². The lowest BCUT2D eigenvalue weighted by molar-refractivity contribution is -0.137. The molecule has 0 aliphatic carbocycles. The molecule has 0 atom stereocenters. The molecule has 5 heteroatoms. The zero-order chi connectivity index (χ0) is 15.3. The normalized spacial score (nSPS) is 17.9. The molecule has 117 valence electrons. The summed E-state index contributed by atoms with van der Waals surface area (Å²) in [5.74, 6) is 0.513. The van der Waals surface area contributed by atoms with E-state index >= 15 is 0 Å². The average Bonchev–Trinajstić information content (AvgIpc) is 2.46. The van der Waals surface area contributed by atoms with Crippen LogP contribution < -0.4 is 4.74 Å². The van der Waals surface area contributed by atoms with Gasteiger partial charge >= 0.3 is 6.18 Å². The molecule has 1 aliphatic heterocycles. The molecule has 0 saturated carbocycles. The van der Waals surface area contributed by atoms with Crippen molar-refractivity contribution in [3.05, 3.63) is 36.8 Å². The van der Waals surface area contributed by atoms with E-state index in [4.69, 9.17) is 4.74 Å². The summed E-state index contributed by atoms with van der Waals surface area (Å²) in [6.07, 6.45) is -0.321. The molecule has 0 spiro atoms. The molecule has 0 aromatic heterocycles. The molecule has 0 bridgehead atoms. The Hall–Kier alpha value is -1.23. The number of nitrogens with zero attached hydrogens (tertiary/aromatic N) is 1. The van der Waals surface area contributed by atoms with E-state index in [-0.39, 0.29) is 6.10 Å². The van der Waals surface area contributed by atoms with Gasteiger partial charge in [-0.2, -0.15) is 13.2 Å². The Kier molecular flexibility index (Phi) is 5.51. The fraction of sp³-hybridized carbons (Fsp3) is 0.562. The number of alkyl halides is 3. The first-order valence-corrected chi connectivity index (χ1v) is 7.34. The van der Waals surface area contributed by atoms with Gasteiger partial charge in [0.2, 0.25) is 0 Å². The first-order valence-electron chi connectivity index (χ1n) is 7.34. The number of rotatable bonds is 5. The zero-order valence-electron chi connectivity index (χ0n) is 12.0. The predicted molar refractivity (Wildman–Crippen MR) is 76.1 cm³/mol. The van der Waals surface area contributed by atoms with E-state index in [9.17, 15) is 13.2 Å². The summed E-state index contributed by atoms with van der Waals surface area (Å²) in [4.78, 5) is 2.39. The summed E-state index contributed by atoms with van der Waals surface area (Å²) in [7, 11) is 0. The van der Waals surface area contributed by atoms with E-state index in [0.29, 0.717) is 5.75 Å². The van der Waals surface area contributed by atoms with E-state index in [1.54, 1.807) is 0 Å². The van der Waals surface area contributed by atoms with Crippen LogP contribution in [0.2, 0.25) is 0 Å². The third-order valence-electron chi connectivity index (χ3n) is 3.74. The maximum Gasteiger partial charge on any atom is 0.416 e. The van der Waals surface area contributed by atoms with E-state index in [0.717, 1.165) is 57.5 Å². The summed E-state index contributed by atoms with van der Waals surface area (Å²) in [5, 5.41) is 0. The summed E-state index contributed by atoms with van der Waals surface area (Å²) >= 11 is 0. The SMILES string of the molecule is [CH2]CCCN1CCC(Oc2ccc(C(F)(F)F)cc2)CC1.